The molecule has 29 heavy (non-hydrogen) atoms. The van der Waals surface area contributed by atoms with Crippen molar-refractivity contribution in [2.45, 2.75) is 25.3 Å². The average Bonchev–Trinajstić information content (AvgIpc) is 3.24. The Morgan fingerprint density at radius 2 is 2.00 bits per heavy atom. The molecular weight excluding hydrogens is 396 g/mol. The average molecular weight is 413 g/mol. The van der Waals surface area contributed by atoms with Crippen LogP contribution in [0, 0.1) is 10.1 Å². The Labute approximate surface area is 171 Å². The van der Waals surface area contributed by atoms with Gasteiger partial charge in [0.1, 0.15) is 6.04 Å². The zero-order valence-corrected chi connectivity index (χ0v) is 16.1. The molecule has 0 radical (unpaired) electrons. The summed E-state index contributed by atoms with van der Waals surface area (Å²) in [6.45, 7) is 0.514. The monoisotopic (exact) mass is 412 g/mol. The number of aromatic nitrogens is 2. The van der Waals surface area contributed by atoms with Gasteiger partial charge in [0.25, 0.3) is 11.6 Å². The molecule has 1 saturated heterocycles. The minimum Gasteiger partial charge on any atom is -0.337 e. The lowest BCUT2D eigenvalue weighted by Gasteiger charge is -2.33. The molecule has 0 unspecified atom stereocenters. The fourth-order valence-corrected chi connectivity index (χ4v) is 3.71. The van der Waals surface area contributed by atoms with E-state index in [2.05, 4.69) is 10.1 Å². The number of hydrogen-bond donors (Lipinski definition) is 0. The summed E-state index contributed by atoms with van der Waals surface area (Å²) in [5, 5.41) is 15.0. The molecule has 8 nitrogen and oxygen atoms in total. The maximum atomic E-state index is 13.1. The third-order valence-electron chi connectivity index (χ3n) is 4.92. The topological polar surface area (TPSA) is 102 Å². The van der Waals surface area contributed by atoms with E-state index in [1.165, 1.54) is 18.2 Å². The van der Waals surface area contributed by atoms with Crippen LogP contribution in [0.1, 0.15) is 41.6 Å². The number of carbonyl (C=O) groups excluding carboxylic acids is 1. The molecule has 1 aromatic heterocycles. The molecular formula is C20H17ClN4O4. The smallest absolute Gasteiger partial charge is 0.270 e. The minimum atomic E-state index is -0.548. The lowest BCUT2D eigenvalue weighted by molar-refractivity contribution is -0.384. The van der Waals surface area contributed by atoms with Gasteiger partial charge in [0.15, 0.2) is 0 Å². The van der Waals surface area contributed by atoms with Crippen LogP contribution in [-0.4, -0.2) is 32.4 Å². The number of hydrogen-bond acceptors (Lipinski definition) is 6. The molecule has 3 aromatic rings. The van der Waals surface area contributed by atoms with Gasteiger partial charge in [-0.25, -0.2) is 0 Å². The highest BCUT2D eigenvalue weighted by Crippen LogP contribution is 2.34. The zero-order chi connectivity index (χ0) is 20.4. The normalized spacial score (nSPS) is 16.6. The van der Waals surface area contributed by atoms with E-state index in [1.54, 1.807) is 4.90 Å². The van der Waals surface area contributed by atoms with Crippen LogP contribution < -0.4 is 0 Å². The summed E-state index contributed by atoms with van der Waals surface area (Å²) >= 11 is 6.16. The fraction of sp³-hybridized carbons (Fsp3) is 0.250. The molecule has 4 rings (SSSR count). The first-order valence-electron chi connectivity index (χ1n) is 9.18. The summed E-state index contributed by atoms with van der Waals surface area (Å²) in [4.78, 5) is 29.7. The Morgan fingerprint density at radius 3 is 2.72 bits per heavy atom. The van der Waals surface area contributed by atoms with Crippen molar-refractivity contribution in [3.63, 3.8) is 0 Å². The van der Waals surface area contributed by atoms with Crippen molar-refractivity contribution in [2.24, 2.45) is 0 Å². The maximum Gasteiger partial charge on any atom is 0.270 e. The lowest BCUT2D eigenvalue weighted by atomic mass is 10.0. The van der Waals surface area contributed by atoms with Gasteiger partial charge in [0.2, 0.25) is 11.7 Å². The second kappa shape index (κ2) is 8.00. The van der Waals surface area contributed by atoms with Crippen molar-refractivity contribution in [1.29, 1.82) is 0 Å². The first kappa shape index (κ1) is 19.1. The number of carbonyl (C=O) groups is 1. The predicted octanol–water partition coefficient (Wildman–Crippen LogP) is 4.67. The van der Waals surface area contributed by atoms with Gasteiger partial charge in [-0.15, -0.1) is 0 Å². The Bertz CT molecular complexity index is 1050. The van der Waals surface area contributed by atoms with Gasteiger partial charge >= 0.3 is 0 Å². The molecule has 0 bridgehead atoms. The fourth-order valence-electron chi connectivity index (χ4n) is 3.45. The van der Waals surface area contributed by atoms with Crippen molar-refractivity contribution in [1.82, 2.24) is 15.0 Å². The van der Waals surface area contributed by atoms with E-state index >= 15 is 0 Å². The van der Waals surface area contributed by atoms with Crippen molar-refractivity contribution in [3.8, 4) is 11.4 Å². The summed E-state index contributed by atoms with van der Waals surface area (Å²) < 4.78 is 5.48. The highest BCUT2D eigenvalue weighted by molar-refractivity contribution is 6.34. The summed E-state index contributed by atoms with van der Waals surface area (Å²) in [5.41, 5.74) is 0.882. The number of nitrogens with zero attached hydrogens (tertiary/aromatic N) is 4. The molecule has 0 spiro atoms. The van der Waals surface area contributed by atoms with Crippen molar-refractivity contribution in [2.75, 3.05) is 6.54 Å². The van der Waals surface area contributed by atoms with Crippen LogP contribution in [0.3, 0.4) is 0 Å². The van der Waals surface area contributed by atoms with E-state index in [0.717, 1.165) is 18.4 Å². The van der Waals surface area contributed by atoms with E-state index in [-0.39, 0.29) is 28.2 Å². The third kappa shape index (κ3) is 3.84. The van der Waals surface area contributed by atoms with Crippen molar-refractivity contribution >= 4 is 23.2 Å². The molecule has 0 saturated carbocycles. The van der Waals surface area contributed by atoms with Crippen LogP contribution in [0.5, 0.6) is 0 Å². The van der Waals surface area contributed by atoms with E-state index < -0.39 is 4.92 Å². The number of piperidine rings is 1. The second-order valence-corrected chi connectivity index (χ2v) is 7.16. The third-order valence-corrected chi connectivity index (χ3v) is 5.23. The van der Waals surface area contributed by atoms with Crippen LogP contribution >= 0.6 is 11.6 Å². The Balaban J connectivity index is 1.62. The van der Waals surface area contributed by atoms with Gasteiger partial charge in [0, 0.05) is 24.2 Å². The first-order chi connectivity index (χ1) is 14.0. The summed E-state index contributed by atoms with van der Waals surface area (Å²) in [6, 6.07) is 12.9. The summed E-state index contributed by atoms with van der Waals surface area (Å²) in [7, 11) is 0. The number of likely N-dealkylation sites (tertiary alicyclic amines) is 1. The quantitative estimate of drug-likeness (QED) is 0.456. The molecule has 1 fully saturated rings. The molecule has 0 N–H and O–H groups in total. The summed E-state index contributed by atoms with van der Waals surface area (Å²) in [5.74, 6) is 0.524. The Morgan fingerprint density at radius 1 is 1.21 bits per heavy atom. The number of nitro groups is 1. The maximum absolute atomic E-state index is 13.1. The summed E-state index contributed by atoms with van der Waals surface area (Å²) in [6.07, 6.45) is 2.45. The highest BCUT2D eigenvalue weighted by Gasteiger charge is 2.33. The molecule has 2 heterocycles. The van der Waals surface area contributed by atoms with E-state index in [0.29, 0.717) is 24.7 Å². The molecule has 148 valence electrons. The molecule has 1 amide bonds. The lowest BCUT2D eigenvalue weighted by Crippen LogP contribution is -2.38. The molecule has 2 aromatic carbocycles. The minimum absolute atomic E-state index is 0.0454. The molecule has 9 heteroatoms. The largest absolute Gasteiger partial charge is 0.337 e. The SMILES string of the molecule is O=C(c1ccc([N+](=O)[O-])cc1Cl)N1CCCC[C@@H]1c1nc(-c2ccccc2)no1. The van der Waals surface area contributed by atoms with Crippen LogP contribution in [0.15, 0.2) is 53.1 Å². The van der Waals surface area contributed by atoms with Gasteiger partial charge < -0.3 is 9.42 Å². The van der Waals surface area contributed by atoms with Crippen LogP contribution in [0.2, 0.25) is 5.02 Å². The van der Waals surface area contributed by atoms with E-state index in [4.69, 9.17) is 16.1 Å². The standard InChI is InChI=1S/C20H17ClN4O4/c21-16-12-14(25(27)28)9-10-15(16)20(26)24-11-5-4-8-17(24)19-22-18(23-29-19)13-6-2-1-3-7-13/h1-3,6-7,9-10,12,17H,4-5,8,11H2/t17-/m1/s1. The number of benzene rings is 2. The van der Waals surface area contributed by atoms with Gasteiger partial charge in [-0.3, -0.25) is 14.9 Å². The highest BCUT2D eigenvalue weighted by atomic mass is 35.5. The number of amides is 1. The van der Waals surface area contributed by atoms with Crippen LogP contribution in [-0.2, 0) is 0 Å². The first-order valence-corrected chi connectivity index (χ1v) is 9.56. The van der Waals surface area contributed by atoms with Gasteiger partial charge in [-0.2, -0.15) is 4.98 Å². The van der Waals surface area contributed by atoms with Gasteiger partial charge in [0.05, 0.1) is 15.5 Å². The van der Waals surface area contributed by atoms with Gasteiger partial charge in [-0.05, 0) is 25.3 Å². The van der Waals surface area contributed by atoms with E-state index in [1.807, 2.05) is 30.3 Å². The molecule has 0 aliphatic carbocycles. The van der Waals surface area contributed by atoms with Gasteiger partial charge in [-0.1, -0.05) is 47.1 Å². The van der Waals surface area contributed by atoms with Crippen molar-refractivity contribution < 1.29 is 14.2 Å². The number of non-ortho nitro benzene ring substituents is 1. The number of rotatable bonds is 4. The Kier molecular flexibility index (Phi) is 5.26. The predicted molar refractivity (Wildman–Crippen MR) is 105 cm³/mol. The Hall–Kier alpha value is -3.26. The molecule has 1 aliphatic rings. The molecule has 1 atom stereocenters. The van der Waals surface area contributed by atoms with Crippen LogP contribution in [0.4, 0.5) is 5.69 Å². The second-order valence-electron chi connectivity index (χ2n) is 6.75. The zero-order valence-electron chi connectivity index (χ0n) is 15.3. The number of halogens is 1. The van der Waals surface area contributed by atoms with Crippen LogP contribution in [0.25, 0.3) is 11.4 Å². The number of nitro benzene ring substituents is 1. The van der Waals surface area contributed by atoms with E-state index in [9.17, 15) is 14.9 Å². The van der Waals surface area contributed by atoms with Crippen molar-refractivity contribution in [3.05, 3.63) is 75.1 Å². The molecule has 1 aliphatic heterocycles.